The summed E-state index contributed by atoms with van der Waals surface area (Å²) in [5.74, 6) is 0.311. The van der Waals surface area contributed by atoms with E-state index in [1.807, 2.05) is 0 Å². The summed E-state index contributed by atoms with van der Waals surface area (Å²) in [5, 5.41) is 21.7. The van der Waals surface area contributed by atoms with Crippen LogP contribution < -0.4 is 9.47 Å². The molecule has 0 aliphatic rings. The minimum atomic E-state index is -0.521. The van der Waals surface area contributed by atoms with Gasteiger partial charge in [0, 0.05) is 12.1 Å². The molecule has 0 atom stereocenters. The molecule has 0 saturated heterocycles. The van der Waals surface area contributed by atoms with Gasteiger partial charge in [-0.3, -0.25) is 20.2 Å². The molecule has 0 aliphatic heterocycles. The Balaban J connectivity index is 2.03. The van der Waals surface area contributed by atoms with Crippen LogP contribution in [0.1, 0.15) is 11.1 Å². The van der Waals surface area contributed by atoms with Crippen LogP contribution in [0.15, 0.2) is 36.4 Å². The van der Waals surface area contributed by atoms with E-state index in [0.717, 1.165) is 0 Å². The van der Waals surface area contributed by atoms with Crippen LogP contribution in [0.3, 0.4) is 0 Å². The molecule has 2 rings (SSSR count). The summed E-state index contributed by atoms with van der Waals surface area (Å²) < 4.78 is 15.6. The summed E-state index contributed by atoms with van der Waals surface area (Å²) in [6.45, 7) is 0.404. The maximum Gasteiger partial charge on any atom is 0.310 e. The van der Waals surface area contributed by atoms with E-state index < -0.39 is 9.85 Å². The molecule has 2 aromatic rings. The van der Waals surface area contributed by atoms with Crippen LogP contribution in [-0.4, -0.2) is 24.1 Å². The van der Waals surface area contributed by atoms with Crippen LogP contribution in [0.5, 0.6) is 11.5 Å². The zero-order valence-electron chi connectivity index (χ0n) is 13.6. The molecule has 9 nitrogen and oxygen atoms in total. The van der Waals surface area contributed by atoms with Crippen molar-refractivity contribution < 1.29 is 24.1 Å². The predicted octanol–water partition coefficient (Wildman–Crippen LogP) is 3.24. The standard InChI is InChI=1S/C16H16N2O7/c1-23-15-7-11(3-5-13(15)17(19)20)9-25-10-12-4-6-14(18(21)22)16(8-12)24-2/h3-8H,9-10H2,1-2H3. The van der Waals surface area contributed by atoms with E-state index in [1.165, 1.54) is 38.5 Å². The van der Waals surface area contributed by atoms with Gasteiger partial charge in [-0.15, -0.1) is 0 Å². The first-order chi connectivity index (χ1) is 12.0. The lowest BCUT2D eigenvalue weighted by Gasteiger charge is -2.08. The molecule has 9 heteroatoms. The van der Waals surface area contributed by atoms with Crippen molar-refractivity contribution in [1.82, 2.24) is 0 Å². The first kappa shape index (κ1) is 18.1. The molecule has 0 saturated carbocycles. The third-order valence-corrected chi connectivity index (χ3v) is 3.42. The minimum Gasteiger partial charge on any atom is -0.490 e. The van der Waals surface area contributed by atoms with E-state index in [-0.39, 0.29) is 36.1 Å². The van der Waals surface area contributed by atoms with Crippen LogP contribution in [0, 0.1) is 20.2 Å². The summed E-state index contributed by atoms with van der Waals surface area (Å²) in [6.07, 6.45) is 0. The maximum absolute atomic E-state index is 10.9. The van der Waals surface area contributed by atoms with Crippen LogP contribution in [-0.2, 0) is 18.0 Å². The second kappa shape index (κ2) is 8.06. The SMILES string of the molecule is COc1cc(COCc2ccc([N+](=O)[O-])c(OC)c2)ccc1[N+](=O)[O-]. The molecule has 0 radical (unpaired) electrons. The van der Waals surface area contributed by atoms with Gasteiger partial charge < -0.3 is 14.2 Å². The van der Waals surface area contributed by atoms with Gasteiger partial charge in [-0.25, -0.2) is 0 Å². The molecule has 132 valence electrons. The van der Waals surface area contributed by atoms with Crippen LogP contribution in [0.4, 0.5) is 11.4 Å². The molecule has 0 heterocycles. The molecular weight excluding hydrogens is 332 g/mol. The minimum absolute atomic E-state index is 0.119. The number of nitro groups is 2. The fraction of sp³-hybridized carbons (Fsp3) is 0.250. The maximum atomic E-state index is 10.9. The Morgan fingerprint density at radius 2 is 1.20 bits per heavy atom. The molecule has 0 N–H and O–H groups in total. The molecule has 2 aromatic carbocycles. The van der Waals surface area contributed by atoms with Crippen LogP contribution >= 0.6 is 0 Å². The van der Waals surface area contributed by atoms with Gasteiger partial charge in [0.25, 0.3) is 0 Å². The number of hydrogen-bond acceptors (Lipinski definition) is 7. The molecule has 0 aromatic heterocycles. The second-order valence-corrected chi connectivity index (χ2v) is 5.02. The number of nitrogens with zero attached hydrogens (tertiary/aromatic N) is 2. The number of rotatable bonds is 8. The summed E-state index contributed by atoms with van der Waals surface area (Å²) in [6, 6.07) is 8.94. The molecule has 25 heavy (non-hydrogen) atoms. The molecule has 0 spiro atoms. The molecular formula is C16H16N2O7. The normalized spacial score (nSPS) is 10.3. The van der Waals surface area contributed by atoms with Crippen LogP contribution in [0.25, 0.3) is 0 Å². The van der Waals surface area contributed by atoms with Crippen molar-refractivity contribution in [3.05, 3.63) is 67.8 Å². The highest BCUT2D eigenvalue weighted by atomic mass is 16.6. The van der Waals surface area contributed by atoms with E-state index in [9.17, 15) is 20.2 Å². The lowest BCUT2D eigenvalue weighted by atomic mass is 10.2. The average molecular weight is 348 g/mol. The highest BCUT2D eigenvalue weighted by Crippen LogP contribution is 2.29. The molecule has 0 unspecified atom stereocenters. The van der Waals surface area contributed by atoms with Crippen molar-refractivity contribution in [2.24, 2.45) is 0 Å². The lowest BCUT2D eigenvalue weighted by molar-refractivity contribution is -0.385. The summed E-state index contributed by atoms with van der Waals surface area (Å²) >= 11 is 0. The zero-order valence-corrected chi connectivity index (χ0v) is 13.6. The van der Waals surface area contributed by atoms with Crippen molar-refractivity contribution in [3.8, 4) is 11.5 Å². The van der Waals surface area contributed by atoms with E-state index in [1.54, 1.807) is 12.1 Å². The van der Waals surface area contributed by atoms with Crippen LogP contribution in [0.2, 0.25) is 0 Å². The number of hydrogen-bond donors (Lipinski definition) is 0. The smallest absolute Gasteiger partial charge is 0.310 e. The lowest BCUT2D eigenvalue weighted by Crippen LogP contribution is -1.99. The van der Waals surface area contributed by atoms with Gasteiger partial charge in [0.15, 0.2) is 11.5 Å². The largest absolute Gasteiger partial charge is 0.490 e. The number of methoxy groups -OCH3 is 2. The Hall–Kier alpha value is -3.20. The second-order valence-electron chi connectivity index (χ2n) is 5.02. The van der Waals surface area contributed by atoms with Crippen molar-refractivity contribution in [2.75, 3.05) is 14.2 Å². The monoisotopic (exact) mass is 348 g/mol. The van der Waals surface area contributed by atoms with E-state index in [2.05, 4.69) is 0 Å². The van der Waals surface area contributed by atoms with E-state index >= 15 is 0 Å². The highest BCUT2D eigenvalue weighted by molar-refractivity contribution is 5.49. The van der Waals surface area contributed by atoms with Crippen molar-refractivity contribution in [3.63, 3.8) is 0 Å². The van der Waals surface area contributed by atoms with Gasteiger partial charge in [0.2, 0.25) is 0 Å². The topological polar surface area (TPSA) is 114 Å². The van der Waals surface area contributed by atoms with Gasteiger partial charge in [-0.2, -0.15) is 0 Å². The Morgan fingerprint density at radius 1 is 0.800 bits per heavy atom. The fourth-order valence-electron chi connectivity index (χ4n) is 2.21. The third kappa shape index (κ3) is 4.42. The third-order valence-electron chi connectivity index (χ3n) is 3.42. The summed E-state index contributed by atoms with van der Waals surface area (Å²) in [5.41, 5.74) is 1.17. The number of ether oxygens (including phenoxy) is 3. The Kier molecular flexibility index (Phi) is 5.85. The van der Waals surface area contributed by atoms with Crippen molar-refractivity contribution in [1.29, 1.82) is 0 Å². The van der Waals surface area contributed by atoms with E-state index in [4.69, 9.17) is 14.2 Å². The Morgan fingerprint density at radius 3 is 1.52 bits per heavy atom. The molecule has 0 bridgehead atoms. The summed E-state index contributed by atoms with van der Waals surface area (Å²) in [7, 11) is 2.71. The number of benzene rings is 2. The van der Waals surface area contributed by atoms with Crippen molar-refractivity contribution in [2.45, 2.75) is 13.2 Å². The predicted molar refractivity (Wildman–Crippen MR) is 87.8 cm³/mol. The van der Waals surface area contributed by atoms with Gasteiger partial charge in [-0.05, 0) is 35.4 Å². The van der Waals surface area contributed by atoms with Gasteiger partial charge >= 0.3 is 11.4 Å². The molecule has 0 fully saturated rings. The average Bonchev–Trinajstić information content (AvgIpc) is 2.60. The molecule has 0 aliphatic carbocycles. The quantitative estimate of drug-likeness (QED) is 0.531. The Bertz CT molecular complexity index is 727. The molecule has 0 amide bonds. The Labute approximate surface area is 143 Å². The fourth-order valence-corrected chi connectivity index (χ4v) is 2.21. The van der Waals surface area contributed by atoms with Gasteiger partial charge in [0.05, 0.1) is 37.3 Å². The zero-order chi connectivity index (χ0) is 18.4. The van der Waals surface area contributed by atoms with Gasteiger partial charge in [0.1, 0.15) is 0 Å². The van der Waals surface area contributed by atoms with Gasteiger partial charge in [-0.1, -0.05) is 0 Å². The highest BCUT2D eigenvalue weighted by Gasteiger charge is 2.16. The van der Waals surface area contributed by atoms with Crippen molar-refractivity contribution >= 4 is 11.4 Å². The summed E-state index contributed by atoms with van der Waals surface area (Å²) in [4.78, 5) is 20.7. The first-order valence-corrected chi connectivity index (χ1v) is 7.16. The number of nitro benzene ring substituents is 2. The van der Waals surface area contributed by atoms with E-state index in [0.29, 0.717) is 11.1 Å². The first-order valence-electron chi connectivity index (χ1n) is 7.16.